The van der Waals surface area contributed by atoms with Gasteiger partial charge in [0.25, 0.3) is 0 Å². The van der Waals surface area contributed by atoms with Gasteiger partial charge in [0.15, 0.2) is 0 Å². The summed E-state index contributed by atoms with van der Waals surface area (Å²) in [6.07, 6.45) is 3.52. The maximum atomic E-state index is 13.3. The van der Waals surface area contributed by atoms with Crippen LogP contribution in [0.15, 0.2) is 103 Å². The van der Waals surface area contributed by atoms with Crippen LogP contribution in [0.1, 0.15) is 5.56 Å². The first-order valence-corrected chi connectivity index (χ1v) is 10.4. The fraction of sp³-hybridized carbons (Fsp3) is 0.0345. The fourth-order valence-electron chi connectivity index (χ4n) is 3.27. The molecule has 0 amide bonds. The average molecular weight is 627 g/mol. The molecule has 0 saturated heterocycles. The van der Waals surface area contributed by atoms with E-state index in [0.717, 1.165) is 34.0 Å². The van der Waals surface area contributed by atoms with Gasteiger partial charge in [-0.15, -0.1) is 59.7 Å². The van der Waals surface area contributed by atoms with Crippen LogP contribution < -0.4 is 0 Å². The molecule has 0 unspecified atom stereocenters. The predicted molar refractivity (Wildman–Crippen MR) is 127 cm³/mol. The van der Waals surface area contributed by atoms with Gasteiger partial charge in [-0.2, -0.15) is 0 Å². The largest absolute Gasteiger partial charge is 0.305 e. The maximum absolute atomic E-state index is 13.3. The summed E-state index contributed by atoms with van der Waals surface area (Å²) in [5.74, 6) is -1.90. The van der Waals surface area contributed by atoms with Crippen molar-refractivity contribution < 1.29 is 28.9 Å². The Morgan fingerprint density at radius 1 is 0.735 bits per heavy atom. The molecule has 0 fully saturated rings. The predicted octanol–water partition coefficient (Wildman–Crippen LogP) is 7.35. The van der Waals surface area contributed by atoms with Gasteiger partial charge in [0.2, 0.25) is 0 Å². The molecule has 0 aliphatic rings. The number of hydrogen-bond donors (Lipinski definition) is 0. The second-order valence-electron chi connectivity index (χ2n) is 7.28. The molecule has 2 nitrogen and oxygen atoms in total. The average Bonchev–Trinajstić information content (AvgIpc) is 2.88. The molecule has 5 rings (SSSR count). The fourth-order valence-corrected chi connectivity index (χ4v) is 3.27. The van der Waals surface area contributed by atoms with Crippen LogP contribution in [0.3, 0.4) is 0 Å². The summed E-state index contributed by atoms with van der Waals surface area (Å²) in [4.78, 5) is 8.50. The number of halogens is 2. The minimum atomic E-state index is -0.990. The maximum Gasteiger partial charge on any atom is 0.0751 e. The second-order valence-corrected chi connectivity index (χ2v) is 7.28. The number of aryl methyl sites for hydroxylation is 1. The van der Waals surface area contributed by atoms with Gasteiger partial charge in [-0.25, -0.2) is 4.39 Å². The first kappa shape index (κ1) is 25.1. The number of pyridine rings is 2. The summed E-state index contributed by atoms with van der Waals surface area (Å²) in [6, 6.07) is 33.5. The minimum absolute atomic E-state index is 0. The third kappa shape index (κ3) is 6.28. The molecule has 2 aromatic heterocycles. The molecule has 171 valence electrons. The molecule has 3 aromatic carbocycles. The summed E-state index contributed by atoms with van der Waals surface area (Å²) in [7, 11) is 0. The standard InChI is InChI=1S/C18H12F2N.C11H8N.Ir/c1-12-11-21-18(14-7-8-16(19)17(20)9-14)10-15(12)13-5-3-2-4-6-13;1-2-6-10(7-3-1)11-8-4-5-9-12-11;/h2-8,10-11H,1H3;1-6,8-9H;/q2*-1;. The Bertz CT molecular complexity index is 1290. The number of rotatable bonds is 3. The minimum Gasteiger partial charge on any atom is -0.305 e. The Morgan fingerprint density at radius 2 is 1.50 bits per heavy atom. The van der Waals surface area contributed by atoms with Crippen LogP contribution in [-0.4, -0.2) is 9.97 Å². The quantitative estimate of drug-likeness (QED) is 0.196. The van der Waals surface area contributed by atoms with Crippen LogP contribution in [0.25, 0.3) is 33.6 Å². The molecule has 5 heteroatoms. The van der Waals surface area contributed by atoms with E-state index in [1.807, 2.05) is 85.8 Å². The van der Waals surface area contributed by atoms with Crippen LogP contribution >= 0.6 is 0 Å². The van der Waals surface area contributed by atoms with Crippen molar-refractivity contribution in [1.29, 1.82) is 0 Å². The van der Waals surface area contributed by atoms with E-state index in [4.69, 9.17) is 0 Å². The summed E-state index contributed by atoms with van der Waals surface area (Å²) in [5.41, 5.74) is 6.10. The van der Waals surface area contributed by atoms with Crippen molar-refractivity contribution in [2.24, 2.45) is 0 Å². The first-order chi connectivity index (χ1) is 16.1. The van der Waals surface area contributed by atoms with Gasteiger partial charge in [0.1, 0.15) is 0 Å². The molecule has 0 aliphatic heterocycles. The molecule has 5 aromatic rings. The molecular weight excluding hydrogens is 607 g/mol. The Balaban J connectivity index is 0.000000212. The van der Waals surface area contributed by atoms with E-state index in [1.165, 1.54) is 6.07 Å². The Morgan fingerprint density at radius 3 is 2.18 bits per heavy atom. The smallest absolute Gasteiger partial charge is 0.0751 e. The van der Waals surface area contributed by atoms with Gasteiger partial charge in [-0.3, -0.25) is 4.39 Å². The van der Waals surface area contributed by atoms with Gasteiger partial charge in [-0.1, -0.05) is 48.5 Å². The third-order valence-electron chi connectivity index (χ3n) is 4.96. The van der Waals surface area contributed by atoms with Crippen LogP contribution in [0, 0.1) is 30.7 Å². The zero-order chi connectivity index (χ0) is 23.0. The van der Waals surface area contributed by atoms with Crippen molar-refractivity contribution in [3.05, 3.63) is 133 Å². The second kappa shape index (κ2) is 12.1. The Hall–Kier alpha value is -3.53. The summed E-state index contributed by atoms with van der Waals surface area (Å²) in [6.45, 7) is 1.97. The normalized spacial score (nSPS) is 9.97. The number of aromatic nitrogens is 2. The molecule has 34 heavy (non-hydrogen) atoms. The number of nitrogens with zero attached hydrogens (tertiary/aromatic N) is 2. The topological polar surface area (TPSA) is 25.8 Å². The molecule has 0 spiro atoms. The van der Waals surface area contributed by atoms with Gasteiger partial charge in [0.05, 0.1) is 11.6 Å². The van der Waals surface area contributed by atoms with E-state index in [1.54, 1.807) is 12.4 Å². The zero-order valence-corrected chi connectivity index (χ0v) is 20.7. The van der Waals surface area contributed by atoms with Crippen molar-refractivity contribution in [3.8, 4) is 33.6 Å². The van der Waals surface area contributed by atoms with Gasteiger partial charge in [0, 0.05) is 32.5 Å². The third-order valence-corrected chi connectivity index (χ3v) is 4.96. The summed E-state index contributed by atoms with van der Waals surface area (Å²) >= 11 is 0. The van der Waals surface area contributed by atoms with E-state index in [9.17, 15) is 8.78 Å². The Labute approximate surface area is 211 Å². The van der Waals surface area contributed by atoms with E-state index in [-0.39, 0.29) is 20.1 Å². The molecule has 0 bridgehead atoms. The van der Waals surface area contributed by atoms with Gasteiger partial charge in [-0.05, 0) is 41.1 Å². The van der Waals surface area contributed by atoms with E-state index in [0.29, 0.717) is 11.3 Å². The van der Waals surface area contributed by atoms with Gasteiger partial charge >= 0.3 is 0 Å². The molecule has 0 N–H and O–H groups in total. The SMILES string of the molecule is Cc1cnc(-c2[c-]c(F)c(F)cc2)cc1-c1ccccc1.[Ir].[c-]1ccccc1-c1ccccn1. The Kier molecular flexibility index (Phi) is 8.92. The number of hydrogen-bond acceptors (Lipinski definition) is 2. The zero-order valence-electron chi connectivity index (χ0n) is 18.3. The molecule has 0 atom stereocenters. The molecule has 0 aliphatic carbocycles. The molecule has 1 radical (unpaired) electrons. The van der Waals surface area contributed by atoms with Crippen LogP contribution in [0.5, 0.6) is 0 Å². The molecule has 0 saturated carbocycles. The number of benzene rings is 3. The van der Waals surface area contributed by atoms with Crippen molar-refractivity contribution in [1.82, 2.24) is 9.97 Å². The summed E-state index contributed by atoms with van der Waals surface area (Å²) in [5, 5.41) is 0. The van der Waals surface area contributed by atoms with E-state index in [2.05, 4.69) is 22.1 Å². The van der Waals surface area contributed by atoms with Crippen molar-refractivity contribution in [2.75, 3.05) is 0 Å². The monoisotopic (exact) mass is 627 g/mol. The van der Waals surface area contributed by atoms with Crippen molar-refractivity contribution in [3.63, 3.8) is 0 Å². The van der Waals surface area contributed by atoms with Crippen molar-refractivity contribution >= 4 is 0 Å². The first-order valence-electron chi connectivity index (χ1n) is 10.4. The van der Waals surface area contributed by atoms with Gasteiger partial charge < -0.3 is 9.97 Å². The van der Waals surface area contributed by atoms with Crippen LogP contribution in [-0.2, 0) is 20.1 Å². The van der Waals surface area contributed by atoms with Crippen LogP contribution in [0.4, 0.5) is 8.78 Å². The van der Waals surface area contributed by atoms with Crippen LogP contribution in [0.2, 0.25) is 0 Å². The van der Waals surface area contributed by atoms with E-state index >= 15 is 0 Å². The van der Waals surface area contributed by atoms with Crippen molar-refractivity contribution in [2.45, 2.75) is 6.92 Å². The summed E-state index contributed by atoms with van der Waals surface area (Å²) < 4.78 is 26.3. The molecular formula is C29H20F2IrN2-2. The van der Waals surface area contributed by atoms with E-state index < -0.39 is 11.6 Å². The molecule has 2 heterocycles.